The number of likely N-dealkylation sites (tertiary alicyclic amines) is 1. The van der Waals surface area contributed by atoms with Gasteiger partial charge < -0.3 is 21.2 Å². The zero-order valence-corrected chi connectivity index (χ0v) is 12.8. The lowest BCUT2D eigenvalue weighted by molar-refractivity contribution is 0.137. The first kappa shape index (κ1) is 15.7. The molecule has 0 spiro atoms. The van der Waals surface area contributed by atoms with Crippen LogP contribution < -0.4 is 11.1 Å². The SMILES string of the molecule is CN1CCC(C)(CNCc2ccnc(/C(N)=N/O)c2)CC1. The molecule has 1 saturated heterocycles. The fourth-order valence-electron chi connectivity index (χ4n) is 2.62. The van der Waals surface area contributed by atoms with E-state index in [2.05, 4.69) is 34.3 Å². The number of nitrogens with zero attached hydrogens (tertiary/aromatic N) is 3. The number of piperidine rings is 1. The molecule has 2 heterocycles. The molecule has 0 bridgehead atoms. The van der Waals surface area contributed by atoms with Crippen molar-refractivity contribution in [2.24, 2.45) is 16.3 Å². The number of hydrogen-bond donors (Lipinski definition) is 3. The molecule has 0 amide bonds. The van der Waals surface area contributed by atoms with Gasteiger partial charge in [-0.15, -0.1) is 0 Å². The minimum Gasteiger partial charge on any atom is -0.409 e. The highest BCUT2D eigenvalue weighted by atomic mass is 16.4. The molecule has 21 heavy (non-hydrogen) atoms. The van der Waals surface area contributed by atoms with Crippen LogP contribution in [0.15, 0.2) is 23.5 Å². The van der Waals surface area contributed by atoms with Gasteiger partial charge in [-0.25, -0.2) is 0 Å². The van der Waals surface area contributed by atoms with Gasteiger partial charge in [0.05, 0.1) is 0 Å². The number of nitrogens with two attached hydrogens (primary N) is 1. The van der Waals surface area contributed by atoms with E-state index in [-0.39, 0.29) is 5.84 Å². The lowest BCUT2D eigenvalue weighted by atomic mass is 9.80. The summed E-state index contributed by atoms with van der Waals surface area (Å²) in [6.07, 6.45) is 4.13. The Morgan fingerprint density at radius 1 is 1.52 bits per heavy atom. The zero-order chi connectivity index (χ0) is 15.3. The van der Waals surface area contributed by atoms with Crippen LogP contribution in [0.1, 0.15) is 31.0 Å². The number of aromatic nitrogens is 1. The van der Waals surface area contributed by atoms with E-state index in [1.54, 1.807) is 6.20 Å². The third-order valence-electron chi connectivity index (χ3n) is 4.27. The van der Waals surface area contributed by atoms with Gasteiger partial charge >= 0.3 is 0 Å². The van der Waals surface area contributed by atoms with Gasteiger partial charge in [0.2, 0.25) is 0 Å². The molecular formula is C15H25N5O. The van der Waals surface area contributed by atoms with E-state index >= 15 is 0 Å². The summed E-state index contributed by atoms with van der Waals surface area (Å²) >= 11 is 0. The van der Waals surface area contributed by atoms with Gasteiger partial charge in [-0.1, -0.05) is 12.1 Å². The highest BCUT2D eigenvalue weighted by Crippen LogP contribution is 2.29. The molecule has 0 aliphatic carbocycles. The maximum atomic E-state index is 8.68. The van der Waals surface area contributed by atoms with Crippen LogP contribution in [0.5, 0.6) is 0 Å². The molecule has 1 aromatic heterocycles. The van der Waals surface area contributed by atoms with Crippen LogP contribution in [0, 0.1) is 5.41 Å². The van der Waals surface area contributed by atoms with Crippen LogP contribution in [0.25, 0.3) is 0 Å². The second-order valence-corrected chi connectivity index (χ2v) is 6.25. The molecule has 1 fully saturated rings. The van der Waals surface area contributed by atoms with Gasteiger partial charge in [0.15, 0.2) is 5.84 Å². The Bertz CT molecular complexity index is 495. The van der Waals surface area contributed by atoms with Crippen LogP contribution in [0.3, 0.4) is 0 Å². The third kappa shape index (κ3) is 4.41. The number of rotatable bonds is 5. The van der Waals surface area contributed by atoms with Crippen molar-refractivity contribution in [3.8, 4) is 0 Å². The second kappa shape index (κ2) is 6.87. The summed E-state index contributed by atoms with van der Waals surface area (Å²) in [6.45, 7) is 6.45. The minimum atomic E-state index is 0.0409. The summed E-state index contributed by atoms with van der Waals surface area (Å²) in [5.41, 5.74) is 7.51. The monoisotopic (exact) mass is 291 g/mol. The van der Waals surface area contributed by atoms with Gasteiger partial charge in [-0.2, -0.15) is 0 Å². The third-order valence-corrected chi connectivity index (χ3v) is 4.27. The average molecular weight is 291 g/mol. The van der Waals surface area contributed by atoms with Crippen molar-refractivity contribution in [3.63, 3.8) is 0 Å². The van der Waals surface area contributed by atoms with E-state index in [0.29, 0.717) is 11.1 Å². The Kier molecular flexibility index (Phi) is 5.14. The molecule has 0 saturated carbocycles. The fraction of sp³-hybridized carbons (Fsp3) is 0.600. The quantitative estimate of drug-likeness (QED) is 0.326. The van der Waals surface area contributed by atoms with E-state index < -0.39 is 0 Å². The van der Waals surface area contributed by atoms with Gasteiger partial charge in [0.1, 0.15) is 5.69 Å². The number of oxime groups is 1. The molecule has 116 valence electrons. The van der Waals surface area contributed by atoms with Crippen LogP contribution in [-0.4, -0.2) is 47.6 Å². The standard InChI is InChI=1S/C15H25N5O/c1-15(4-7-20(2)8-5-15)11-17-10-12-3-6-18-13(9-12)14(16)19-21/h3,6,9,17,21H,4-5,7-8,10-11H2,1-2H3,(H2,16,19). The molecule has 6 nitrogen and oxygen atoms in total. The number of pyridine rings is 1. The van der Waals surface area contributed by atoms with Crippen LogP contribution >= 0.6 is 0 Å². The second-order valence-electron chi connectivity index (χ2n) is 6.25. The van der Waals surface area contributed by atoms with Crippen molar-refractivity contribution < 1.29 is 5.21 Å². The highest BCUT2D eigenvalue weighted by molar-refractivity contribution is 5.95. The molecule has 0 atom stereocenters. The Labute approximate surface area is 126 Å². The molecule has 1 aliphatic heterocycles. The predicted molar refractivity (Wildman–Crippen MR) is 83.3 cm³/mol. The number of nitrogens with one attached hydrogen (secondary N) is 1. The summed E-state index contributed by atoms with van der Waals surface area (Å²) in [5.74, 6) is 0.0409. The van der Waals surface area contributed by atoms with Crippen LogP contribution in [-0.2, 0) is 6.54 Å². The van der Waals surface area contributed by atoms with Gasteiger partial charge in [0.25, 0.3) is 0 Å². The normalized spacial score (nSPS) is 19.6. The fourth-order valence-corrected chi connectivity index (χ4v) is 2.62. The van der Waals surface area contributed by atoms with Crippen molar-refractivity contribution in [3.05, 3.63) is 29.6 Å². The van der Waals surface area contributed by atoms with Gasteiger partial charge in [-0.3, -0.25) is 4.98 Å². The maximum Gasteiger partial charge on any atom is 0.188 e. The molecule has 0 unspecified atom stereocenters. The summed E-state index contributed by atoms with van der Waals surface area (Å²) in [4.78, 5) is 6.46. The van der Waals surface area contributed by atoms with E-state index in [1.807, 2.05) is 12.1 Å². The molecule has 4 N–H and O–H groups in total. The van der Waals surface area contributed by atoms with Gasteiger partial charge in [0, 0.05) is 19.3 Å². The molecule has 0 radical (unpaired) electrons. The first-order chi connectivity index (χ1) is 10.0. The predicted octanol–water partition coefficient (Wildman–Crippen LogP) is 0.998. The Morgan fingerprint density at radius 2 is 2.24 bits per heavy atom. The van der Waals surface area contributed by atoms with E-state index in [4.69, 9.17) is 10.9 Å². The minimum absolute atomic E-state index is 0.0409. The topological polar surface area (TPSA) is 86.8 Å². The van der Waals surface area contributed by atoms with Crippen LogP contribution in [0.4, 0.5) is 0 Å². The largest absolute Gasteiger partial charge is 0.409 e. The van der Waals surface area contributed by atoms with E-state index in [1.165, 1.54) is 25.9 Å². The average Bonchev–Trinajstić information content (AvgIpc) is 2.50. The molecule has 1 aliphatic rings. The first-order valence-electron chi connectivity index (χ1n) is 7.34. The first-order valence-corrected chi connectivity index (χ1v) is 7.34. The van der Waals surface area contributed by atoms with Crippen molar-refractivity contribution >= 4 is 5.84 Å². The smallest absolute Gasteiger partial charge is 0.188 e. The number of amidine groups is 1. The molecule has 0 aromatic carbocycles. The Hall–Kier alpha value is -1.66. The molecule has 2 rings (SSSR count). The van der Waals surface area contributed by atoms with Crippen LogP contribution in [0.2, 0.25) is 0 Å². The van der Waals surface area contributed by atoms with Crippen molar-refractivity contribution in [1.29, 1.82) is 0 Å². The number of hydrogen-bond acceptors (Lipinski definition) is 5. The summed E-state index contributed by atoms with van der Waals surface area (Å²) in [6, 6.07) is 3.79. The van der Waals surface area contributed by atoms with E-state index in [9.17, 15) is 0 Å². The van der Waals surface area contributed by atoms with Crippen molar-refractivity contribution in [2.45, 2.75) is 26.3 Å². The summed E-state index contributed by atoms with van der Waals surface area (Å²) < 4.78 is 0. The van der Waals surface area contributed by atoms with Gasteiger partial charge in [-0.05, 0) is 56.1 Å². The lowest BCUT2D eigenvalue weighted by Crippen LogP contribution is -2.41. The highest BCUT2D eigenvalue weighted by Gasteiger charge is 2.28. The Balaban J connectivity index is 1.86. The maximum absolute atomic E-state index is 8.68. The lowest BCUT2D eigenvalue weighted by Gasteiger charge is -2.38. The zero-order valence-electron chi connectivity index (χ0n) is 12.8. The molecule has 6 heteroatoms. The summed E-state index contributed by atoms with van der Waals surface area (Å²) in [5, 5.41) is 15.2. The van der Waals surface area contributed by atoms with E-state index in [0.717, 1.165) is 18.7 Å². The Morgan fingerprint density at radius 3 is 2.90 bits per heavy atom. The molecule has 1 aromatic rings. The summed E-state index contributed by atoms with van der Waals surface area (Å²) in [7, 11) is 2.18. The molecular weight excluding hydrogens is 266 g/mol. The van der Waals surface area contributed by atoms with Crippen molar-refractivity contribution in [1.82, 2.24) is 15.2 Å². The van der Waals surface area contributed by atoms with Crippen molar-refractivity contribution in [2.75, 3.05) is 26.7 Å².